The molecule has 7 heteroatoms. The van der Waals surface area contributed by atoms with Crippen LogP contribution in [0.15, 0.2) is 27.6 Å². The molecule has 0 atom stereocenters. The Morgan fingerprint density at radius 1 is 1.44 bits per heavy atom. The molecule has 0 saturated carbocycles. The van der Waals surface area contributed by atoms with Gasteiger partial charge in [0.25, 0.3) is 0 Å². The third kappa shape index (κ3) is 2.37. The van der Waals surface area contributed by atoms with E-state index in [-0.39, 0.29) is 4.90 Å². The van der Waals surface area contributed by atoms with Gasteiger partial charge in [0.05, 0.1) is 16.5 Å². The molecule has 0 aromatic heterocycles. The Labute approximate surface area is 113 Å². The van der Waals surface area contributed by atoms with Crippen LogP contribution in [-0.2, 0) is 14.6 Å². The van der Waals surface area contributed by atoms with E-state index in [0.29, 0.717) is 23.2 Å². The van der Waals surface area contributed by atoms with Crippen LogP contribution in [0.1, 0.15) is 0 Å². The van der Waals surface area contributed by atoms with Crippen molar-refractivity contribution in [2.45, 2.75) is 4.90 Å². The number of carbonyl (C=O) groups is 1. The highest BCUT2D eigenvalue weighted by Crippen LogP contribution is 2.37. The van der Waals surface area contributed by atoms with Crippen LogP contribution in [0.5, 0.6) is 0 Å². The van der Waals surface area contributed by atoms with E-state index in [1.165, 1.54) is 6.07 Å². The summed E-state index contributed by atoms with van der Waals surface area (Å²) in [5.74, 6) is -1.27. The van der Waals surface area contributed by atoms with Crippen molar-refractivity contribution in [2.24, 2.45) is 5.92 Å². The minimum atomic E-state index is -3.33. The first kappa shape index (κ1) is 13.4. The van der Waals surface area contributed by atoms with Gasteiger partial charge >= 0.3 is 5.97 Å². The Morgan fingerprint density at radius 3 is 2.56 bits per heavy atom. The van der Waals surface area contributed by atoms with Gasteiger partial charge < -0.3 is 10.0 Å². The summed E-state index contributed by atoms with van der Waals surface area (Å²) < 4.78 is 24.1. The quantitative estimate of drug-likeness (QED) is 0.904. The second kappa shape index (κ2) is 4.55. The highest BCUT2D eigenvalue weighted by atomic mass is 79.9. The molecule has 0 bridgehead atoms. The molecule has 1 aliphatic heterocycles. The molecular formula is C11H12BrNO4S. The van der Waals surface area contributed by atoms with Crippen LogP contribution >= 0.6 is 15.9 Å². The molecule has 1 saturated heterocycles. The fourth-order valence-electron chi connectivity index (χ4n) is 1.92. The highest BCUT2D eigenvalue weighted by Gasteiger charge is 2.35. The van der Waals surface area contributed by atoms with Gasteiger partial charge in [-0.05, 0) is 28.1 Å². The average molecular weight is 334 g/mol. The average Bonchev–Trinajstić information content (AvgIpc) is 2.15. The number of sulfone groups is 1. The van der Waals surface area contributed by atoms with Gasteiger partial charge in [-0.1, -0.05) is 6.07 Å². The maximum atomic E-state index is 11.7. The molecule has 1 aromatic carbocycles. The fourth-order valence-corrected chi connectivity index (χ4v) is 3.58. The lowest BCUT2D eigenvalue weighted by Crippen LogP contribution is -2.51. The molecule has 98 valence electrons. The van der Waals surface area contributed by atoms with E-state index >= 15 is 0 Å². The van der Waals surface area contributed by atoms with Gasteiger partial charge in [0, 0.05) is 23.8 Å². The molecule has 2 rings (SSSR count). The van der Waals surface area contributed by atoms with Gasteiger partial charge in [0.15, 0.2) is 9.84 Å². The number of nitrogens with zero attached hydrogens (tertiary/aromatic N) is 1. The number of anilines is 1. The second-order valence-corrected chi connectivity index (χ2v) is 7.14. The number of aliphatic carboxylic acids is 1. The van der Waals surface area contributed by atoms with Crippen molar-refractivity contribution in [3.63, 3.8) is 0 Å². The number of halogens is 1. The van der Waals surface area contributed by atoms with E-state index < -0.39 is 21.7 Å². The summed E-state index contributed by atoms with van der Waals surface area (Å²) in [7, 11) is -3.33. The summed E-state index contributed by atoms with van der Waals surface area (Å²) in [6, 6.07) is 4.93. The topological polar surface area (TPSA) is 74.7 Å². The molecule has 0 aliphatic carbocycles. The zero-order valence-electron chi connectivity index (χ0n) is 9.63. The predicted octanol–water partition coefficient (Wildman–Crippen LogP) is 1.37. The SMILES string of the molecule is CS(=O)(=O)c1cccc(Br)c1N1CC(C(=O)O)C1. The molecule has 1 fully saturated rings. The zero-order chi connectivity index (χ0) is 13.5. The maximum absolute atomic E-state index is 11.7. The van der Waals surface area contributed by atoms with Gasteiger partial charge in [-0.2, -0.15) is 0 Å². The van der Waals surface area contributed by atoms with Gasteiger partial charge in [0.1, 0.15) is 0 Å². The number of carboxylic acid groups (broad SMARTS) is 1. The van der Waals surface area contributed by atoms with E-state index in [4.69, 9.17) is 5.11 Å². The Balaban J connectivity index is 2.37. The van der Waals surface area contributed by atoms with E-state index in [0.717, 1.165) is 6.26 Å². The van der Waals surface area contributed by atoms with Gasteiger partial charge in [-0.3, -0.25) is 4.79 Å². The minimum absolute atomic E-state index is 0.223. The van der Waals surface area contributed by atoms with Crippen LogP contribution in [0.2, 0.25) is 0 Å². The normalized spacial score (nSPS) is 16.4. The Bertz CT molecular complexity index is 593. The monoisotopic (exact) mass is 333 g/mol. The number of para-hydroxylation sites is 1. The Kier molecular flexibility index (Phi) is 3.37. The summed E-state index contributed by atoms with van der Waals surface area (Å²) in [6.07, 6.45) is 1.15. The number of hydrogen-bond acceptors (Lipinski definition) is 4. The lowest BCUT2D eigenvalue weighted by atomic mass is 9.99. The van der Waals surface area contributed by atoms with Crippen LogP contribution in [0, 0.1) is 5.92 Å². The summed E-state index contributed by atoms with van der Waals surface area (Å²) in [5, 5.41) is 8.84. The van der Waals surface area contributed by atoms with Crippen LogP contribution in [0.4, 0.5) is 5.69 Å². The molecule has 0 unspecified atom stereocenters. The number of benzene rings is 1. The van der Waals surface area contributed by atoms with Crippen LogP contribution in [-0.4, -0.2) is 38.8 Å². The van der Waals surface area contributed by atoms with Crippen LogP contribution in [0.25, 0.3) is 0 Å². The Morgan fingerprint density at radius 2 is 2.06 bits per heavy atom. The van der Waals surface area contributed by atoms with Crippen LogP contribution < -0.4 is 4.90 Å². The van der Waals surface area contributed by atoms with E-state index in [2.05, 4.69) is 15.9 Å². The van der Waals surface area contributed by atoms with Crippen molar-refractivity contribution in [1.29, 1.82) is 0 Å². The van der Waals surface area contributed by atoms with E-state index in [9.17, 15) is 13.2 Å². The molecule has 18 heavy (non-hydrogen) atoms. The lowest BCUT2D eigenvalue weighted by molar-refractivity contribution is -0.142. The lowest BCUT2D eigenvalue weighted by Gasteiger charge is -2.39. The number of hydrogen-bond donors (Lipinski definition) is 1. The van der Waals surface area contributed by atoms with Gasteiger partial charge in [-0.25, -0.2) is 8.42 Å². The summed E-state index contributed by atoms with van der Waals surface area (Å²) in [5.41, 5.74) is 0.553. The maximum Gasteiger partial charge on any atom is 0.310 e. The zero-order valence-corrected chi connectivity index (χ0v) is 12.0. The smallest absolute Gasteiger partial charge is 0.310 e. The molecule has 1 N–H and O–H groups in total. The van der Waals surface area contributed by atoms with Crippen molar-refractivity contribution >= 4 is 37.4 Å². The fraction of sp³-hybridized carbons (Fsp3) is 0.364. The first-order valence-corrected chi connectivity index (χ1v) is 7.95. The number of rotatable bonds is 3. The first-order valence-electron chi connectivity index (χ1n) is 5.27. The van der Waals surface area contributed by atoms with E-state index in [1.54, 1.807) is 17.0 Å². The van der Waals surface area contributed by atoms with Crippen molar-refractivity contribution in [3.05, 3.63) is 22.7 Å². The van der Waals surface area contributed by atoms with Crippen molar-refractivity contribution < 1.29 is 18.3 Å². The van der Waals surface area contributed by atoms with E-state index in [1.807, 2.05) is 0 Å². The minimum Gasteiger partial charge on any atom is -0.481 e. The molecule has 0 amide bonds. The second-order valence-electron chi connectivity index (χ2n) is 4.30. The molecular weight excluding hydrogens is 322 g/mol. The number of carboxylic acids is 1. The molecule has 0 radical (unpaired) electrons. The van der Waals surface area contributed by atoms with Crippen molar-refractivity contribution in [3.8, 4) is 0 Å². The molecule has 0 spiro atoms. The molecule has 5 nitrogen and oxygen atoms in total. The molecule has 1 aliphatic rings. The van der Waals surface area contributed by atoms with Gasteiger partial charge in [-0.15, -0.1) is 0 Å². The first-order chi connectivity index (χ1) is 8.30. The standard InChI is InChI=1S/C11H12BrNO4S/c1-18(16,17)9-4-2-3-8(12)10(9)13-5-7(6-13)11(14)15/h2-4,7H,5-6H2,1H3,(H,14,15). The van der Waals surface area contributed by atoms with Crippen molar-refractivity contribution in [2.75, 3.05) is 24.2 Å². The third-order valence-corrected chi connectivity index (χ3v) is 4.66. The predicted molar refractivity (Wildman–Crippen MR) is 70.6 cm³/mol. The summed E-state index contributed by atoms with van der Waals surface area (Å²) in [6.45, 7) is 0.668. The molecule has 1 heterocycles. The van der Waals surface area contributed by atoms with Crippen LogP contribution in [0.3, 0.4) is 0 Å². The third-order valence-electron chi connectivity index (χ3n) is 2.90. The van der Waals surface area contributed by atoms with Crippen molar-refractivity contribution in [1.82, 2.24) is 0 Å². The van der Waals surface area contributed by atoms with Gasteiger partial charge in [0.2, 0.25) is 0 Å². The summed E-state index contributed by atoms with van der Waals surface area (Å²) >= 11 is 3.32. The summed E-state index contributed by atoms with van der Waals surface area (Å²) in [4.78, 5) is 12.8. The Hall–Kier alpha value is -1.08. The highest BCUT2D eigenvalue weighted by molar-refractivity contribution is 9.10. The molecule has 1 aromatic rings. The largest absolute Gasteiger partial charge is 0.481 e.